The van der Waals surface area contributed by atoms with Crippen LogP contribution in [0.25, 0.3) is 10.9 Å². The van der Waals surface area contributed by atoms with Crippen LogP contribution in [0.1, 0.15) is 12.6 Å². The Hall–Kier alpha value is -2.25. The van der Waals surface area contributed by atoms with E-state index < -0.39 is 34.9 Å². The summed E-state index contributed by atoms with van der Waals surface area (Å²) in [4.78, 5) is 11.6. The molecule has 0 unspecified atom stereocenters. The largest absolute Gasteiger partial charge is 0.505 e. The molecule has 0 saturated carbocycles. The Morgan fingerprint density at radius 1 is 1.40 bits per heavy atom. The molecule has 0 amide bonds. The number of rotatable bonds is 1. The minimum atomic E-state index is -4.87. The number of alkyl halides is 3. The van der Waals surface area contributed by atoms with Crippen LogP contribution in [0.5, 0.6) is 5.75 Å². The highest BCUT2D eigenvalue weighted by Crippen LogP contribution is 2.36. The lowest BCUT2D eigenvalue weighted by molar-refractivity contribution is -0.142. The first-order chi connectivity index (χ1) is 9.27. The average Bonchev–Trinajstić information content (AvgIpc) is 2.74. The molecule has 0 aliphatic carbocycles. The van der Waals surface area contributed by atoms with Crippen molar-refractivity contribution in [3.63, 3.8) is 0 Å². The van der Waals surface area contributed by atoms with Crippen molar-refractivity contribution in [3.8, 4) is 5.75 Å². The lowest BCUT2D eigenvalue weighted by Crippen LogP contribution is -2.21. The number of halogens is 4. The second kappa shape index (κ2) is 4.69. The molecule has 1 N–H and O–H groups in total. The van der Waals surface area contributed by atoms with Gasteiger partial charge in [0.05, 0.1) is 12.1 Å². The molecule has 2 aromatic rings. The smallest absolute Gasteiger partial charge is 0.432 e. The Morgan fingerprint density at radius 2 is 2.05 bits per heavy atom. The summed E-state index contributed by atoms with van der Waals surface area (Å²) < 4.78 is 57.1. The Kier molecular flexibility index (Phi) is 3.33. The summed E-state index contributed by atoms with van der Waals surface area (Å²) in [6, 6.07) is 2.34. The summed E-state index contributed by atoms with van der Waals surface area (Å²) in [5.41, 5.74) is -1.69. The normalized spacial score (nSPS) is 11.8. The van der Waals surface area contributed by atoms with E-state index in [1.807, 2.05) is 0 Å². The summed E-state index contributed by atoms with van der Waals surface area (Å²) in [6.07, 6.45) is -6.13. The molecule has 20 heavy (non-hydrogen) atoms. The van der Waals surface area contributed by atoms with Gasteiger partial charge in [-0.3, -0.25) is 0 Å². The van der Waals surface area contributed by atoms with E-state index in [1.54, 1.807) is 0 Å². The van der Waals surface area contributed by atoms with E-state index in [0.717, 1.165) is 12.1 Å². The van der Waals surface area contributed by atoms with Gasteiger partial charge in [0.2, 0.25) is 0 Å². The maximum atomic E-state index is 13.6. The van der Waals surface area contributed by atoms with Crippen molar-refractivity contribution < 1.29 is 32.2 Å². The van der Waals surface area contributed by atoms with Gasteiger partial charge in [0.15, 0.2) is 11.6 Å². The third kappa shape index (κ3) is 2.17. The van der Waals surface area contributed by atoms with Crippen molar-refractivity contribution >= 4 is 17.0 Å². The molecule has 0 spiro atoms. The molecule has 8 heteroatoms. The average molecular weight is 291 g/mol. The predicted molar refractivity (Wildman–Crippen MR) is 61.0 cm³/mol. The van der Waals surface area contributed by atoms with Crippen molar-refractivity contribution in [2.45, 2.75) is 13.1 Å². The number of benzene rings is 1. The number of aromatic nitrogens is 1. The lowest BCUT2D eigenvalue weighted by atomic mass is 10.2. The van der Waals surface area contributed by atoms with Crippen LogP contribution in [-0.2, 0) is 10.9 Å². The SMILES string of the molecule is CCOC(=O)n1c(C(F)(F)F)cc2c(F)c(O)ccc21. The minimum Gasteiger partial charge on any atom is -0.505 e. The summed E-state index contributed by atoms with van der Waals surface area (Å²) in [7, 11) is 0. The second-order valence-corrected chi connectivity index (χ2v) is 3.89. The third-order valence-electron chi connectivity index (χ3n) is 2.64. The molecule has 0 atom stereocenters. The first-order valence-electron chi connectivity index (χ1n) is 5.54. The van der Waals surface area contributed by atoms with E-state index in [-0.39, 0.29) is 16.7 Å². The zero-order chi connectivity index (χ0) is 15.1. The first-order valence-corrected chi connectivity index (χ1v) is 5.54. The van der Waals surface area contributed by atoms with Gasteiger partial charge in [-0.05, 0) is 25.1 Å². The number of carbonyl (C=O) groups is 1. The third-order valence-corrected chi connectivity index (χ3v) is 2.64. The van der Waals surface area contributed by atoms with Crippen molar-refractivity contribution in [1.82, 2.24) is 4.57 Å². The summed E-state index contributed by atoms with van der Waals surface area (Å²) in [6.45, 7) is 1.31. The van der Waals surface area contributed by atoms with Crippen molar-refractivity contribution in [2.24, 2.45) is 0 Å². The van der Waals surface area contributed by atoms with Gasteiger partial charge in [-0.15, -0.1) is 0 Å². The maximum absolute atomic E-state index is 13.6. The Labute approximate surface area is 110 Å². The van der Waals surface area contributed by atoms with Gasteiger partial charge >= 0.3 is 12.3 Å². The number of fused-ring (bicyclic) bond motifs is 1. The van der Waals surface area contributed by atoms with Crippen molar-refractivity contribution in [2.75, 3.05) is 6.61 Å². The maximum Gasteiger partial charge on any atom is 0.432 e. The number of hydrogen-bond acceptors (Lipinski definition) is 3. The standard InChI is InChI=1S/C12H9F4NO3/c1-2-20-11(19)17-7-3-4-8(18)10(13)6(7)5-9(17)12(14,15)16/h3-5,18H,2H2,1H3. The molecule has 108 valence electrons. The summed E-state index contributed by atoms with van der Waals surface area (Å²) in [5, 5.41) is 8.67. The lowest BCUT2D eigenvalue weighted by Gasteiger charge is -2.11. The highest BCUT2D eigenvalue weighted by Gasteiger charge is 2.38. The molecule has 0 fully saturated rings. The van der Waals surface area contributed by atoms with Gasteiger partial charge in [0, 0.05) is 5.39 Å². The predicted octanol–water partition coefficient (Wildman–Crippen LogP) is 3.51. The van der Waals surface area contributed by atoms with Gasteiger partial charge in [0.1, 0.15) is 5.69 Å². The molecule has 0 radical (unpaired) electrons. The van der Waals surface area contributed by atoms with E-state index >= 15 is 0 Å². The molecule has 1 aromatic heterocycles. The van der Waals surface area contributed by atoms with Gasteiger partial charge in [-0.1, -0.05) is 0 Å². The topological polar surface area (TPSA) is 51.5 Å². The van der Waals surface area contributed by atoms with Gasteiger partial charge in [0.25, 0.3) is 0 Å². The van der Waals surface area contributed by atoms with Crippen LogP contribution in [0.15, 0.2) is 18.2 Å². The molecule has 0 aliphatic heterocycles. The fraction of sp³-hybridized carbons (Fsp3) is 0.250. The van der Waals surface area contributed by atoms with Crippen LogP contribution >= 0.6 is 0 Å². The van der Waals surface area contributed by atoms with Crippen LogP contribution in [0.3, 0.4) is 0 Å². The van der Waals surface area contributed by atoms with E-state index in [1.165, 1.54) is 6.92 Å². The number of ether oxygens (including phenoxy) is 1. The highest BCUT2D eigenvalue weighted by atomic mass is 19.4. The number of nitrogens with zero attached hydrogens (tertiary/aromatic N) is 1. The molecule has 0 aliphatic rings. The molecular formula is C12H9F4NO3. The summed E-state index contributed by atoms with van der Waals surface area (Å²) >= 11 is 0. The Balaban J connectivity index is 2.81. The van der Waals surface area contributed by atoms with Crippen LogP contribution in [0.4, 0.5) is 22.4 Å². The quantitative estimate of drug-likeness (QED) is 0.818. The number of hydrogen-bond donors (Lipinski definition) is 1. The van der Waals surface area contributed by atoms with Crippen molar-refractivity contribution in [1.29, 1.82) is 0 Å². The van der Waals surface area contributed by atoms with E-state index in [2.05, 4.69) is 4.74 Å². The van der Waals surface area contributed by atoms with E-state index in [4.69, 9.17) is 0 Å². The molecule has 1 heterocycles. The van der Waals surface area contributed by atoms with E-state index in [0.29, 0.717) is 6.07 Å². The fourth-order valence-electron chi connectivity index (χ4n) is 1.83. The zero-order valence-electron chi connectivity index (χ0n) is 10.2. The Morgan fingerprint density at radius 3 is 2.60 bits per heavy atom. The number of phenols is 1. The molecule has 4 nitrogen and oxygen atoms in total. The number of phenolic OH excluding ortho intramolecular Hbond substituents is 1. The second-order valence-electron chi connectivity index (χ2n) is 3.89. The molecule has 0 saturated heterocycles. The van der Waals surface area contributed by atoms with Gasteiger partial charge in [-0.2, -0.15) is 13.2 Å². The first kappa shape index (κ1) is 14.2. The number of aromatic hydroxyl groups is 1. The van der Waals surface area contributed by atoms with Crippen LogP contribution < -0.4 is 0 Å². The van der Waals surface area contributed by atoms with Crippen molar-refractivity contribution in [3.05, 3.63) is 29.7 Å². The van der Waals surface area contributed by atoms with Crippen LogP contribution in [-0.4, -0.2) is 22.4 Å². The minimum absolute atomic E-state index is 0.129. The molecule has 0 bridgehead atoms. The number of carbonyl (C=O) groups excluding carboxylic acids is 1. The monoisotopic (exact) mass is 291 g/mol. The summed E-state index contributed by atoms with van der Waals surface area (Å²) in [5.74, 6) is -2.02. The van der Waals surface area contributed by atoms with Gasteiger partial charge in [-0.25, -0.2) is 13.8 Å². The fourth-order valence-corrected chi connectivity index (χ4v) is 1.83. The van der Waals surface area contributed by atoms with Crippen LogP contribution in [0.2, 0.25) is 0 Å². The Bertz CT molecular complexity index is 675. The highest BCUT2D eigenvalue weighted by molar-refractivity contribution is 5.92. The molecule has 1 aromatic carbocycles. The molecular weight excluding hydrogens is 282 g/mol. The van der Waals surface area contributed by atoms with E-state index in [9.17, 15) is 27.5 Å². The molecule has 2 rings (SSSR count). The zero-order valence-corrected chi connectivity index (χ0v) is 10.2. The van der Waals surface area contributed by atoms with Gasteiger partial charge < -0.3 is 9.84 Å². The van der Waals surface area contributed by atoms with Crippen LogP contribution in [0, 0.1) is 5.82 Å².